The summed E-state index contributed by atoms with van der Waals surface area (Å²) in [7, 11) is 7.09. The molecule has 3 heterocycles. The number of aromatic nitrogens is 5. The molecule has 0 aliphatic carbocycles. The van der Waals surface area contributed by atoms with E-state index in [0.717, 1.165) is 31.9 Å². The van der Waals surface area contributed by atoms with Gasteiger partial charge in [-0.15, -0.1) is 0 Å². The van der Waals surface area contributed by atoms with Crippen LogP contribution in [0.25, 0.3) is 11.4 Å². The smallest absolute Gasteiger partial charge is 0.256 e. The molecule has 1 aliphatic heterocycles. The van der Waals surface area contributed by atoms with Gasteiger partial charge in [-0.2, -0.15) is 10.1 Å². The molecule has 0 bridgehead atoms. The highest BCUT2D eigenvalue weighted by Crippen LogP contribution is 2.36. The lowest BCUT2D eigenvalue weighted by Crippen LogP contribution is -2.44. The highest BCUT2D eigenvalue weighted by Gasteiger charge is 2.19. The van der Waals surface area contributed by atoms with E-state index in [1.54, 1.807) is 32.2 Å². The second-order valence-electron chi connectivity index (χ2n) is 9.25. The normalized spacial score (nSPS) is 13.7. The van der Waals surface area contributed by atoms with Crippen LogP contribution in [0.5, 0.6) is 5.75 Å². The molecule has 4 aromatic rings. The Morgan fingerprint density at radius 3 is 2.41 bits per heavy atom. The van der Waals surface area contributed by atoms with E-state index in [-0.39, 0.29) is 11.5 Å². The summed E-state index contributed by atoms with van der Waals surface area (Å²) in [5.74, 6) is 1.40. The summed E-state index contributed by atoms with van der Waals surface area (Å²) in [5.41, 5.74) is 3.62. The molecule has 12 heteroatoms. The second kappa shape index (κ2) is 11.4. The van der Waals surface area contributed by atoms with E-state index in [2.05, 4.69) is 65.0 Å². The molecule has 0 radical (unpaired) electrons. The van der Waals surface area contributed by atoms with Gasteiger partial charge in [0, 0.05) is 57.8 Å². The number of rotatable bonds is 8. The van der Waals surface area contributed by atoms with E-state index in [9.17, 15) is 4.79 Å². The van der Waals surface area contributed by atoms with Gasteiger partial charge in [-0.25, -0.2) is 9.97 Å². The van der Waals surface area contributed by atoms with Crippen LogP contribution >= 0.6 is 0 Å². The minimum Gasteiger partial charge on any atom is -0.494 e. The third kappa shape index (κ3) is 5.75. The molecule has 5 rings (SSSR count). The zero-order chi connectivity index (χ0) is 27.4. The molecule has 2 aromatic carbocycles. The fourth-order valence-corrected chi connectivity index (χ4v) is 4.41. The number of hydrogen-bond acceptors (Lipinski definition) is 10. The van der Waals surface area contributed by atoms with Crippen LogP contribution in [0.2, 0.25) is 0 Å². The number of carbonyl (C=O) groups excluding carboxylic acids is 1. The van der Waals surface area contributed by atoms with Gasteiger partial charge in [-0.05, 0) is 43.4 Å². The number of nitrogens with one attached hydrogen (secondary N) is 3. The number of amides is 1. The second-order valence-corrected chi connectivity index (χ2v) is 9.25. The number of likely N-dealkylation sites (N-methyl/N-ethyl adjacent to an activating group) is 1. The number of carbonyl (C=O) groups is 1. The van der Waals surface area contributed by atoms with Crippen molar-refractivity contribution in [2.75, 3.05) is 62.9 Å². The number of aryl methyl sites for hydroxylation is 1. The standard InChI is InChI=1S/C27H32N10O2/c1-28-26(38)21-16-29-27(31-18-8-10-19(11-9-18)37-14-12-35(2)13-15-37)33-25(21)32-22-7-5-6-20(23(22)39-4)24-30-17-36(3)34-24/h5-11,16-17H,12-15H2,1-4H3,(H,28,38)(H2,29,31,32,33). The molecule has 0 saturated carbocycles. The molecule has 1 fully saturated rings. The first-order valence-corrected chi connectivity index (χ1v) is 12.6. The van der Waals surface area contributed by atoms with Crippen LogP contribution in [-0.4, -0.2) is 82.9 Å². The monoisotopic (exact) mass is 528 g/mol. The number of anilines is 5. The van der Waals surface area contributed by atoms with Crippen LogP contribution in [0.1, 0.15) is 10.4 Å². The SMILES string of the molecule is CNC(=O)c1cnc(Nc2ccc(N3CCN(C)CC3)cc2)nc1Nc1cccc(-c2ncn(C)n2)c1OC. The Morgan fingerprint density at radius 2 is 1.74 bits per heavy atom. The number of benzene rings is 2. The lowest BCUT2D eigenvalue weighted by atomic mass is 10.1. The highest BCUT2D eigenvalue weighted by atomic mass is 16.5. The maximum Gasteiger partial charge on any atom is 0.256 e. The predicted molar refractivity (Wildman–Crippen MR) is 151 cm³/mol. The third-order valence-electron chi connectivity index (χ3n) is 6.57. The van der Waals surface area contributed by atoms with Gasteiger partial charge in [0.25, 0.3) is 5.91 Å². The average Bonchev–Trinajstić information content (AvgIpc) is 3.39. The van der Waals surface area contributed by atoms with Gasteiger partial charge in [0.1, 0.15) is 17.7 Å². The van der Waals surface area contributed by atoms with Crippen molar-refractivity contribution >= 4 is 34.7 Å². The lowest BCUT2D eigenvalue weighted by Gasteiger charge is -2.34. The lowest BCUT2D eigenvalue weighted by molar-refractivity contribution is 0.0963. The highest BCUT2D eigenvalue weighted by molar-refractivity contribution is 5.99. The van der Waals surface area contributed by atoms with Crippen LogP contribution in [-0.2, 0) is 7.05 Å². The van der Waals surface area contributed by atoms with Crippen molar-refractivity contribution in [2.24, 2.45) is 7.05 Å². The molecule has 0 atom stereocenters. The average molecular weight is 529 g/mol. The largest absolute Gasteiger partial charge is 0.494 e. The van der Waals surface area contributed by atoms with Crippen LogP contribution in [0, 0.1) is 0 Å². The number of ether oxygens (including phenoxy) is 1. The van der Waals surface area contributed by atoms with E-state index in [1.165, 1.54) is 11.9 Å². The molecule has 12 nitrogen and oxygen atoms in total. The Labute approximate surface area is 227 Å². The Morgan fingerprint density at radius 1 is 0.974 bits per heavy atom. The fourth-order valence-electron chi connectivity index (χ4n) is 4.41. The van der Waals surface area contributed by atoms with Gasteiger partial charge in [0.15, 0.2) is 11.6 Å². The van der Waals surface area contributed by atoms with Crippen molar-refractivity contribution in [1.29, 1.82) is 0 Å². The molecule has 2 aromatic heterocycles. The van der Waals surface area contributed by atoms with Crippen molar-refractivity contribution in [2.45, 2.75) is 0 Å². The van der Waals surface area contributed by atoms with Crippen LogP contribution in [0.15, 0.2) is 55.0 Å². The quantitative estimate of drug-likeness (QED) is 0.314. The number of piperazine rings is 1. The van der Waals surface area contributed by atoms with Crippen molar-refractivity contribution in [3.63, 3.8) is 0 Å². The summed E-state index contributed by atoms with van der Waals surface area (Å²) in [6.07, 6.45) is 3.12. The molecule has 1 saturated heterocycles. The Hall–Kier alpha value is -4.71. The minimum atomic E-state index is -0.318. The third-order valence-corrected chi connectivity index (χ3v) is 6.57. The van der Waals surface area contributed by atoms with Crippen molar-refractivity contribution in [3.8, 4) is 17.1 Å². The Balaban J connectivity index is 1.41. The van der Waals surface area contributed by atoms with Crippen molar-refractivity contribution < 1.29 is 9.53 Å². The number of hydrogen-bond donors (Lipinski definition) is 3. The summed E-state index contributed by atoms with van der Waals surface area (Å²) in [5, 5.41) is 13.5. The van der Waals surface area contributed by atoms with E-state index < -0.39 is 0 Å². The first-order valence-electron chi connectivity index (χ1n) is 12.6. The van der Waals surface area contributed by atoms with Crippen molar-refractivity contribution in [3.05, 3.63) is 60.6 Å². The Kier molecular flexibility index (Phi) is 7.55. The minimum absolute atomic E-state index is 0.289. The van der Waals surface area contributed by atoms with E-state index >= 15 is 0 Å². The van der Waals surface area contributed by atoms with Crippen LogP contribution in [0.3, 0.4) is 0 Å². The molecule has 1 amide bonds. The van der Waals surface area contributed by atoms with Gasteiger partial charge in [-0.3, -0.25) is 9.48 Å². The summed E-state index contributed by atoms with van der Waals surface area (Å²) in [6, 6.07) is 13.8. The zero-order valence-electron chi connectivity index (χ0n) is 22.5. The van der Waals surface area contributed by atoms with Gasteiger partial charge < -0.3 is 30.5 Å². The maximum absolute atomic E-state index is 12.6. The summed E-state index contributed by atoms with van der Waals surface area (Å²) in [4.78, 5) is 30.7. The van der Waals surface area contributed by atoms with E-state index in [4.69, 9.17) is 4.74 Å². The van der Waals surface area contributed by atoms with Gasteiger partial charge in [-0.1, -0.05) is 6.07 Å². The predicted octanol–water partition coefficient (Wildman–Crippen LogP) is 2.88. The molecule has 39 heavy (non-hydrogen) atoms. The first-order chi connectivity index (χ1) is 18.9. The molecule has 202 valence electrons. The fraction of sp³-hybridized carbons (Fsp3) is 0.296. The van der Waals surface area contributed by atoms with Gasteiger partial charge >= 0.3 is 0 Å². The molecule has 3 N–H and O–H groups in total. The van der Waals surface area contributed by atoms with Gasteiger partial charge in [0.2, 0.25) is 5.95 Å². The Bertz CT molecular complexity index is 1450. The topological polar surface area (TPSA) is 125 Å². The first kappa shape index (κ1) is 25.9. The molecular weight excluding hydrogens is 496 g/mol. The van der Waals surface area contributed by atoms with Crippen LogP contribution < -0.4 is 25.6 Å². The summed E-state index contributed by atoms with van der Waals surface area (Å²) >= 11 is 0. The van der Waals surface area contributed by atoms with Crippen molar-refractivity contribution in [1.82, 2.24) is 34.9 Å². The molecule has 1 aliphatic rings. The van der Waals surface area contributed by atoms with E-state index in [1.807, 2.05) is 30.3 Å². The van der Waals surface area contributed by atoms with Crippen LogP contribution in [0.4, 0.5) is 28.8 Å². The number of nitrogens with zero attached hydrogens (tertiary/aromatic N) is 7. The van der Waals surface area contributed by atoms with Gasteiger partial charge in [0.05, 0.1) is 18.4 Å². The molecular formula is C27H32N10O2. The summed E-state index contributed by atoms with van der Waals surface area (Å²) < 4.78 is 7.34. The molecule has 0 unspecified atom stereocenters. The molecule has 0 spiro atoms. The number of methoxy groups -OCH3 is 1. The van der Waals surface area contributed by atoms with E-state index in [0.29, 0.717) is 34.6 Å². The maximum atomic E-state index is 12.6. The zero-order valence-corrected chi connectivity index (χ0v) is 22.5. The number of para-hydroxylation sites is 1. The summed E-state index contributed by atoms with van der Waals surface area (Å²) in [6.45, 7) is 4.10.